The third-order valence-electron chi connectivity index (χ3n) is 3.39. The highest BCUT2D eigenvalue weighted by Gasteiger charge is 2.48. The van der Waals surface area contributed by atoms with Gasteiger partial charge >= 0.3 is 5.97 Å². The van der Waals surface area contributed by atoms with Crippen molar-refractivity contribution in [3.8, 4) is 0 Å². The van der Waals surface area contributed by atoms with Gasteiger partial charge < -0.3 is 9.47 Å². The molecule has 1 heterocycles. The number of hydrogen-bond donors (Lipinski definition) is 0. The van der Waals surface area contributed by atoms with Crippen molar-refractivity contribution in [2.75, 3.05) is 13.2 Å². The average molecular weight is 291 g/mol. The van der Waals surface area contributed by atoms with Gasteiger partial charge in [0.1, 0.15) is 12.7 Å². The highest BCUT2D eigenvalue weighted by molar-refractivity contribution is 5.82. The topological polar surface area (TPSA) is 48.4 Å². The fourth-order valence-electron chi connectivity index (χ4n) is 2.42. The summed E-state index contributed by atoms with van der Waals surface area (Å²) < 4.78 is 25.6. The molecule has 2 atom stereocenters. The first kappa shape index (κ1) is 15.4. The highest BCUT2D eigenvalue weighted by Crippen LogP contribution is 2.44. The molecule has 21 heavy (non-hydrogen) atoms. The maximum Gasteiger partial charge on any atom is 0.349 e. The normalized spacial score (nSPS) is 24.0. The smallest absolute Gasteiger partial charge is 0.349 e. The second-order valence-corrected chi connectivity index (χ2v) is 4.77. The molecule has 0 saturated heterocycles. The molecule has 112 valence electrons. The summed E-state index contributed by atoms with van der Waals surface area (Å²) in [6, 6.07) is 3.16. The number of carbonyl (C=O) groups excluding carboxylic acids is 1. The molecular weight excluding hydrogens is 273 g/mol. The van der Waals surface area contributed by atoms with Crippen LogP contribution >= 0.6 is 0 Å². The van der Waals surface area contributed by atoms with Gasteiger partial charge in [-0.25, -0.2) is 9.18 Å². The lowest BCUT2D eigenvalue weighted by Crippen LogP contribution is -2.38. The van der Waals surface area contributed by atoms with Crippen LogP contribution in [0.25, 0.3) is 0 Å². The fraction of sp³-hybridized carbons (Fsp3) is 0.375. The van der Waals surface area contributed by atoms with Crippen molar-refractivity contribution in [1.82, 2.24) is 4.98 Å². The Bertz CT molecular complexity index is 546. The molecule has 0 fully saturated rings. The molecule has 0 bridgehead atoms. The number of alkyl halides is 1. The molecule has 4 nitrogen and oxygen atoms in total. The first-order chi connectivity index (χ1) is 10.1. The largest absolute Gasteiger partial charge is 0.459 e. The Labute approximate surface area is 123 Å². The van der Waals surface area contributed by atoms with Crippen LogP contribution in [0.15, 0.2) is 43.6 Å². The van der Waals surface area contributed by atoms with Gasteiger partial charge in [0.15, 0.2) is 0 Å². The van der Waals surface area contributed by atoms with Crippen LogP contribution in [0, 0.1) is 0 Å². The lowest BCUT2D eigenvalue weighted by atomic mass is 9.81. The number of ether oxygens (including phenoxy) is 2. The summed E-state index contributed by atoms with van der Waals surface area (Å²) in [5, 5.41) is 0. The molecule has 0 N–H and O–H groups in total. The van der Waals surface area contributed by atoms with Gasteiger partial charge in [-0.3, -0.25) is 4.98 Å². The zero-order chi connectivity index (χ0) is 15.3. The first-order valence-corrected chi connectivity index (χ1v) is 6.78. The maximum atomic E-state index is 15.2. The number of rotatable bonds is 6. The van der Waals surface area contributed by atoms with Crippen LogP contribution in [-0.4, -0.2) is 24.2 Å². The Kier molecular flexibility index (Phi) is 4.85. The Morgan fingerprint density at radius 2 is 2.24 bits per heavy atom. The van der Waals surface area contributed by atoms with E-state index < -0.39 is 11.6 Å². The number of nitrogens with zero attached hydrogens (tertiary/aromatic N) is 1. The van der Waals surface area contributed by atoms with Crippen molar-refractivity contribution >= 4 is 5.97 Å². The minimum absolute atomic E-state index is 0.00345. The standard InChI is InChI=1S/C16H18FNO3/c1-3-10-20-13-7-8-16(17,15(19)21-11-4-2)12-6-5-9-18-14(12)13/h3-6,9,13H,1-2,7-8,10-11H2/t13-,16-/m0/s1. The molecule has 1 aromatic rings. The van der Waals surface area contributed by atoms with Gasteiger partial charge in [-0.1, -0.05) is 24.8 Å². The zero-order valence-corrected chi connectivity index (χ0v) is 11.8. The van der Waals surface area contributed by atoms with Crippen molar-refractivity contribution in [2.24, 2.45) is 0 Å². The molecule has 0 saturated carbocycles. The van der Waals surface area contributed by atoms with Crippen LogP contribution in [0.5, 0.6) is 0 Å². The van der Waals surface area contributed by atoms with Crippen molar-refractivity contribution in [3.05, 3.63) is 54.9 Å². The molecule has 1 aliphatic rings. The van der Waals surface area contributed by atoms with Crippen LogP contribution in [-0.2, 0) is 19.9 Å². The van der Waals surface area contributed by atoms with E-state index in [0.717, 1.165) is 0 Å². The van der Waals surface area contributed by atoms with E-state index in [1.165, 1.54) is 6.08 Å². The van der Waals surface area contributed by atoms with E-state index in [9.17, 15) is 4.79 Å². The Morgan fingerprint density at radius 3 is 2.95 bits per heavy atom. The van der Waals surface area contributed by atoms with Crippen LogP contribution < -0.4 is 0 Å². The molecule has 2 rings (SSSR count). The molecule has 0 unspecified atom stereocenters. The van der Waals surface area contributed by atoms with Crippen molar-refractivity contribution in [1.29, 1.82) is 0 Å². The van der Waals surface area contributed by atoms with E-state index in [0.29, 0.717) is 18.7 Å². The number of carbonyl (C=O) groups is 1. The number of halogens is 1. The SMILES string of the molecule is C=CCOC(=O)[C@]1(F)CC[C@H](OCC=C)c2ncccc21. The molecule has 1 aliphatic carbocycles. The Morgan fingerprint density at radius 1 is 1.48 bits per heavy atom. The number of pyridine rings is 1. The monoisotopic (exact) mass is 291 g/mol. The maximum absolute atomic E-state index is 15.2. The summed E-state index contributed by atoms with van der Waals surface area (Å²) in [7, 11) is 0. The molecule has 5 heteroatoms. The number of aromatic nitrogens is 1. The third-order valence-corrected chi connectivity index (χ3v) is 3.39. The highest BCUT2D eigenvalue weighted by atomic mass is 19.1. The third kappa shape index (κ3) is 3.03. The lowest BCUT2D eigenvalue weighted by Gasteiger charge is -2.33. The quantitative estimate of drug-likeness (QED) is 0.597. The second kappa shape index (κ2) is 6.63. The summed E-state index contributed by atoms with van der Waals surface area (Å²) in [5.74, 6) is -0.904. The molecule has 0 radical (unpaired) electrons. The second-order valence-electron chi connectivity index (χ2n) is 4.77. The molecule has 1 aromatic heterocycles. The predicted molar refractivity (Wildman–Crippen MR) is 76.3 cm³/mol. The number of fused-ring (bicyclic) bond motifs is 1. The van der Waals surface area contributed by atoms with E-state index >= 15 is 4.39 Å². The minimum Gasteiger partial charge on any atom is -0.459 e. The molecule has 0 aliphatic heterocycles. The van der Waals surface area contributed by atoms with Crippen LogP contribution in [0.1, 0.15) is 30.2 Å². The summed E-state index contributed by atoms with van der Waals surface area (Å²) in [6.45, 7) is 7.37. The number of esters is 1. The van der Waals surface area contributed by atoms with Gasteiger partial charge in [0.05, 0.1) is 12.3 Å². The average Bonchev–Trinajstić information content (AvgIpc) is 2.52. The van der Waals surface area contributed by atoms with Crippen LogP contribution in [0.2, 0.25) is 0 Å². The number of hydrogen-bond acceptors (Lipinski definition) is 4. The van der Waals surface area contributed by atoms with Crippen molar-refractivity contribution in [3.63, 3.8) is 0 Å². The van der Waals surface area contributed by atoms with Crippen LogP contribution in [0.4, 0.5) is 4.39 Å². The predicted octanol–water partition coefficient (Wildman–Crippen LogP) is 3.01. The molecular formula is C16H18FNO3. The Hall–Kier alpha value is -2.01. The van der Waals surface area contributed by atoms with E-state index in [-0.39, 0.29) is 24.7 Å². The summed E-state index contributed by atoms with van der Waals surface area (Å²) in [4.78, 5) is 16.2. The Balaban J connectivity index is 2.31. The fourth-order valence-corrected chi connectivity index (χ4v) is 2.42. The van der Waals surface area contributed by atoms with Crippen molar-refractivity contribution in [2.45, 2.75) is 24.6 Å². The van der Waals surface area contributed by atoms with Gasteiger partial charge in [-0.2, -0.15) is 0 Å². The van der Waals surface area contributed by atoms with Crippen molar-refractivity contribution < 1.29 is 18.7 Å². The molecule has 0 spiro atoms. The summed E-state index contributed by atoms with van der Waals surface area (Å²) in [5.41, 5.74) is -1.51. The van der Waals surface area contributed by atoms with Gasteiger partial charge in [0.25, 0.3) is 0 Å². The lowest BCUT2D eigenvalue weighted by molar-refractivity contribution is -0.159. The first-order valence-electron chi connectivity index (χ1n) is 6.78. The van der Waals surface area contributed by atoms with Gasteiger partial charge in [0.2, 0.25) is 5.67 Å². The molecule has 0 aromatic carbocycles. The van der Waals surface area contributed by atoms with Gasteiger partial charge in [0, 0.05) is 11.8 Å². The van der Waals surface area contributed by atoms with E-state index in [4.69, 9.17) is 9.47 Å². The van der Waals surface area contributed by atoms with E-state index in [2.05, 4.69) is 18.1 Å². The van der Waals surface area contributed by atoms with E-state index in [1.54, 1.807) is 24.4 Å². The van der Waals surface area contributed by atoms with Gasteiger partial charge in [-0.15, -0.1) is 6.58 Å². The summed E-state index contributed by atoms with van der Waals surface area (Å²) in [6.07, 6.45) is 4.61. The zero-order valence-electron chi connectivity index (χ0n) is 11.8. The minimum atomic E-state index is -2.18. The molecule has 0 amide bonds. The van der Waals surface area contributed by atoms with E-state index in [1.807, 2.05) is 0 Å². The van der Waals surface area contributed by atoms with Gasteiger partial charge in [-0.05, 0) is 18.9 Å². The summed E-state index contributed by atoms with van der Waals surface area (Å²) >= 11 is 0. The van der Waals surface area contributed by atoms with Crippen LogP contribution in [0.3, 0.4) is 0 Å².